The Morgan fingerprint density at radius 3 is 2.62 bits per heavy atom. The number of anilines is 2. The lowest BCUT2D eigenvalue weighted by molar-refractivity contribution is 0.102. The molecule has 7 heteroatoms. The molecule has 1 aliphatic heterocycles. The van der Waals surface area contributed by atoms with Gasteiger partial charge in [0.25, 0.3) is 5.91 Å². The number of benzene rings is 2. The van der Waals surface area contributed by atoms with Crippen molar-refractivity contribution in [1.82, 2.24) is 9.88 Å². The molecule has 2 aromatic carbocycles. The molecule has 2 fully saturated rings. The fraction of sp³-hybridized carbons (Fsp3) is 0.360. The maximum atomic E-state index is 13.1. The van der Waals surface area contributed by atoms with Crippen molar-refractivity contribution in [2.24, 2.45) is 0 Å². The van der Waals surface area contributed by atoms with Gasteiger partial charge in [-0.25, -0.2) is 0 Å². The summed E-state index contributed by atoms with van der Waals surface area (Å²) in [4.78, 5) is 22.2. The zero-order valence-corrected chi connectivity index (χ0v) is 19.1. The van der Waals surface area contributed by atoms with E-state index in [1.807, 2.05) is 42.5 Å². The molecule has 1 aromatic heterocycles. The number of halogens is 1. The van der Waals surface area contributed by atoms with Crippen LogP contribution in [0.1, 0.15) is 29.6 Å². The minimum absolute atomic E-state index is 0. The average Bonchev–Trinajstić information content (AvgIpc) is 2.78. The molecule has 2 heterocycles. The van der Waals surface area contributed by atoms with Crippen molar-refractivity contribution in [2.45, 2.75) is 25.3 Å². The van der Waals surface area contributed by atoms with E-state index in [1.54, 1.807) is 19.5 Å². The highest BCUT2D eigenvalue weighted by Crippen LogP contribution is 2.30. The molecule has 1 saturated carbocycles. The number of nitrogens with zero attached hydrogens (tertiary/aromatic N) is 3. The third-order valence-electron chi connectivity index (χ3n) is 6.63. The van der Waals surface area contributed by atoms with Crippen LogP contribution >= 0.6 is 12.4 Å². The second-order valence-corrected chi connectivity index (χ2v) is 8.35. The standard InChI is InChI=1S/C25H28N4O2.ClH/c1-31-24-16-20(29-14-12-28(13-15-29)19-5-3-6-19)8-9-22(24)25(30)27-23-7-2-4-18-17-26-11-10-21(18)23;/h2,4,7-11,16-17,19H,3,5-6,12-15H2,1H3,(H,27,30);1H. The third-order valence-corrected chi connectivity index (χ3v) is 6.63. The number of piperazine rings is 1. The zero-order valence-electron chi connectivity index (χ0n) is 18.3. The second kappa shape index (κ2) is 9.76. The van der Waals surface area contributed by atoms with Gasteiger partial charge in [-0.1, -0.05) is 18.6 Å². The fourth-order valence-corrected chi connectivity index (χ4v) is 4.58. The molecule has 0 atom stereocenters. The number of methoxy groups -OCH3 is 1. The number of hydrogen-bond donors (Lipinski definition) is 1. The van der Waals surface area contributed by atoms with E-state index in [4.69, 9.17) is 4.74 Å². The molecule has 1 aliphatic carbocycles. The highest BCUT2D eigenvalue weighted by atomic mass is 35.5. The Morgan fingerprint density at radius 1 is 1.09 bits per heavy atom. The lowest BCUT2D eigenvalue weighted by Crippen LogP contribution is -2.52. The van der Waals surface area contributed by atoms with Crippen molar-refractivity contribution in [3.8, 4) is 5.75 Å². The maximum absolute atomic E-state index is 13.1. The Labute approximate surface area is 195 Å². The number of ether oxygens (including phenoxy) is 1. The first kappa shape index (κ1) is 22.4. The van der Waals surface area contributed by atoms with Gasteiger partial charge in [0, 0.05) is 72.8 Å². The van der Waals surface area contributed by atoms with Crippen LogP contribution in [0.15, 0.2) is 54.9 Å². The number of hydrogen-bond acceptors (Lipinski definition) is 5. The summed E-state index contributed by atoms with van der Waals surface area (Å²) in [5.74, 6) is 0.417. The second-order valence-electron chi connectivity index (χ2n) is 8.35. The van der Waals surface area contributed by atoms with Crippen molar-refractivity contribution in [2.75, 3.05) is 43.5 Å². The number of carbonyl (C=O) groups is 1. The van der Waals surface area contributed by atoms with E-state index >= 15 is 0 Å². The van der Waals surface area contributed by atoms with Crippen molar-refractivity contribution in [3.63, 3.8) is 0 Å². The summed E-state index contributed by atoms with van der Waals surface area (Å²) in [6.07, 6.45) is 7.61. The molecular formula is C25H29ClN4O2. The van der Waals surface area contributed by atoms with Gasteiger partial charge in [0.1, 0.15) is 5.75 Å². The Bertz CT molecular complexity index is 1090. The largest absolute Gasteiger partial charge is 0.496 e. The third kappa shape index (κ3) is 4.38. The van der Waals surface area contributed by atoms with Crippen LogP contribution in [0.5, 0.6) is 5.75 Å². The zero-order chi connectivity index (χ0) is 21.2. The van der Waals surface area contributed by atoms with Gasteiger partial charge in [-0.15, -0.1) is 12.4 Å². The minimum atomic E-state index is -0.178. The van der Waals surface area contributed by atoms with Gasteiger partial charge in [-0.3, -0.25) is 14.7 Å². The van der Waals surface area contributed by atoms with Crippen LogP contribution in [-0.2, 0) is 0 Å². The van der Waals surface area contributed by atoms with Crippen LogP contribution in [0, 0.1) is 0 Å². The SMILES string of the molecule is COc1cc(N2CCN(C3CCC3)CC2)ccc1C(=O)Nc1cccc2cnccc12.Cl. The summed E-state index contributed by atoms with van der Waals surface area (Å²) in [5.41, 5.74) is 2.41. The van der Waals surface area contributed by atoms with E-state index < -0.39 is 0 Å². The van der Waals surface area contributed by atoms with Crippen molar-refractivity contribution in [1.29, 1.82) is 0 Å². The van der Waals surface area contributed by atoms with Gasteiger partial charge in [0.15, 0.2) is 0 Å². The van der Waals surface area contributed by atoms with E-state index in [2.05, 4.69) is 20.1 Å². The molecular weight excluding hydrogens is 424 g/mol. The molecule has 32 heavy (non-hydrogen) atoms. The first-order chi connectivity index (χ1) is 15.2. The predicted molar refractivity (Wildman–Crippen MR) is 131 cm³/mol. The maximum Gasteiger partial charge on any atom is 0.259 e. The van der Waals surface area contributed by atoms with Crippen LogP contribution in [0.3, 0.4) is 0 Å². The first-order valence-electron chi connectivity index (χ1n) is 11.0. The lowest BCUT2D eigenvalue weighted by Gasteiger charge is -2.43. The minimum Gasteiger partial charge on any atom is -0.496 e. The molecule has 0 spiro atoms. The number of carbonyl (C=O) groups excluding carboxylic acids is 1. The van der Waals surface area contributed by atoms with Gasteiger partial charge in [-0.2, -0.15) is 0 Å². The normalized spacial score (nSPS) is 16.8. The van der Waals surface area contributed by atoms with Gasteiger partial charge < -0.3 is 15.0 Å². The average molecular weight is 453 g/mol. The summed E-state index contributed by atoms with van der Waals surface area (Å²) < 4.78 is 5.60. The molecule has 168 valence electrons. The Hall–Kier alpha value is -2.83. The van der Waals surface area contributed by atoms with Crippen molar-refractivity contribution < 1.29 is 9.53 Å². The van der Waals surface area contributed by atoms with Crippen LogP contribution in [0.2, 0.25) is 0 Å². The number of rotatable bonds is 5. The van der Waals surface area contributed by atoms with E-state index in [0.717, 1.165) is 54.4 Å². The molecule has 5 rings (SSSR count). The quantitative estimate of drug-likeness (QED) is 0.613. The molecule has 0 radical (unpaired) electrons. The van der Waals surface area contributed by atoms with Crippen LogP contribution < -0.4 is 15.0 Å². The summed E-state index contributed by atoms with van der Waals surface area (Å²) in [7, 11) is 1.62. The molecule has 1 N–H and O–H groups in total. The van der Waals surface area contributed by atoms with Gasteiger partial charge in [0.2, 0.25) is 0 Å². The van der Waals surface area contributed by atoms with Crippen molar-refractivity contribution >= 4 is 40.5 Å². The van der Waals surface area contributed by atoms with Crippen LogP contribution in [0.4, 0.5) is 11.4 Å². The van der Waals surface area contributed by atoms with E-state index in [9.17, 15) is 4.79 Å². The van der Waals surface area contributed by atoms with Crippen molar-refractivity contribution in [3.05, 3.63) is 60.4 Å². The fourth-order valence-electron chi connectivity index (χ4n) is 4.58. The molecule has 2 aliphatic rings. The van der Waals surface area contributed by atoms with E-state index in [1.165, 1.54) is 19.3 Å². The van der Waals surface area contributed by atoms with Gasteiger partial charge in [-0.05, 0) is 37.1 Å². The molecule has 6 nitrogen and oxygen atoms in total. The Morgan fingerprint density at radius 2 is 1.91 bits per heavy atom. The predicted octanol–water partition coefficient (Wildman–Crippen LogP) is 4.59. The molecule has 3 aromatic rings. The van der Waals surface area contributed by atoms with Gasteiger partial charge >= 0.3 is 0 Å². The first-order valence-corrected chi connectivity index (χ1v) is 11.0. The molecule has 1 saturated heterocycles. The molecule has 0 unspecified atom stereocenters. The lowest BCUT2D eigenvalue weighted by atomic mass is 9.91. The van der Waals surface area contributed by atoms with E-state index in [-0.39, 0.29) is 18.3 Å². The highest BCUT2D eigenvalue weighted by Gasteiger charge is 2.28. The summed E-state index contributed by atoms with van der Waals surface area (Å²) >= 11 is 0. The Balaban J connectivity index is 0.00000245. The van der Waals surface area contributed by atoms with E-state index in [0.29, 0.717) is 11.3 Å². The summed E-state index contributed by atoms with van der Waals surface area (Å²) in [6, 6.07) is 14.4. The number of nitrogens with one attached hydrogen (secondary N) is 1. The molecule has 0 bridgehead atoms. The van der Waals surface area contributed by atoms with Crippen LogP contribution in [-0.4, -0.2) is 55.1 Å². The smallest absolute Gasteiger partial charge is 0.259 e. The number of pyridine rings is 1. The number of amides is 1. The number of fused-ring (bicyclic) bond motifs is 1. The monoisotopic (exact) mass is 452 g/mol. The van der Waals surface area contributed by atoms with Crippen LogP contribution in [0.25, 0.3) is 10.8 Å². The highest BCUT2D eigenvalue weighted by molar-refractivity contribution is 6.10. The summed E-state index contributed by atoms with van der Waals surface area (Å²) in [6.45, 7) is 4.22. The number of aromatic nitrogens is 1. The topological polar surface area (TPSA) is 57.7 Å². The Kier molecular flexibility index (Phi) is 6.82. The molecule has 1 amide bonds. The summed E-state index contributed by atoms with van der Waals surface area (Å²) in [5, 5.41) is 4.99. The van der Waals surface area contributed by atoms with Gasteiger partial charge in [0.05, 0.1) is 12.7 Å².